The fourth-order valence-corrected chi connectivity index (χ4v) is 5.58. The van der Waals surface area contributed by atoms with Crippen LogP contribution in [0.25, 0.3) is 0 Å². The minimum atomic E-state index is -4.38. The standard InChI is InChI=1S/C30H36FN3O7S/c1-6-17-32-30(36)21(2)33(19-22-7-13-25(39-3)14-8-22)29(35)20-34(24-11-9-23(31)10-12-24)42(37,38)26-15-16-27(40-4)28(18-26)41-5/h7-16,18,21H,6,17,19-20H2,1-5H3,(H,32,36). The largest absolute Gasteiger partial charge is 0.497 e. The number of halogens is 1. The van der Waals surface area contributed by atoms with Crippen molar-refractivity contribution in [3.8, 4) is 17.2 Å². The number of methoxy groups -OCH3 is 3. The quantitative estimate of drug-likeness (QED) is 0.297. The highest BCUT2D eigenvalue weighted by Gasteiger charge is 2.33. The summed E-state index contributed by atoms with van der Waals surface area (Å²) < 4.78 is 58.4. The highest BCUT2D eigenvalue weighted by Crippen LogP contribution is 2.32. The molecule has 0 heterocycles. The summed E-state index contributed by atoms with van der Waals surface area (Å²) in [4.78, 5) is 28.0. The highest BCUT2D eigenvalue weighted by molar-refractivity contribution is 7.92. The van der Waals surface area contributed by atoms with Gasteiger partial charge in [0.25, 0.3) is 10.0 Å². The van der Waals surface area contributed by atoms with Gasteiger partial charge in [0.15, 0.2) is 11.5 Å². The van der Waals surface area contributed by atoms with E-state index in [0.29, 0.717) is 30.0 Å². The van der Waals surface area contributed by atoms with Crippen molar-refractivity contribution < 1.29 is 36.6 Å². The Kier molecular flexibility index (Phi) is 11.1. The molecule has 0 aromatic heterocycles. The number of sulfonamides is 1. The zero-order chi connectivity index (χ0) is 30.9. The summed E-state index contributed by atoms with van der Waals surface area (Å²) in [7, 11) is -0.0549. The fourth-order valence-electron chi connectivity index (χ4n) is 4.15. The predicted octanol–water partition coefficient (Wildman–Crippen LogP) is 3.99. The van der Waals surface area contributed by atoms with Gasteiger partial charge in [-0.3, -0.25) is 13.9 Å². The van der Waals surface area contributed by atoms with Crippen LogP contribution in [0.2, 0.25) is 0 Å². The number of hydrogen-bond acceptors (Lipinski definition) is 7. The number of benzene rings is 3. The van der Waals surface area contributed by atoms with E-state index in [0.717, 1.165) is 16.4 Å². The Balaban J connectivity index is 2.05. The lowest BCUT2D eigenvalue weighted by Gasteiger charge is -2.32. The maximum absolute atomic E-state index is 14.0. The average molecular weight is 602 g/mol. The van der Waals surface area contributed by atoms with E-state index in [9.17, 15) is 22.4 Å². The van der Waals surface area contributed by atoms with Crippen molar-refractivity contribution in [2.45, 2.75) is 37.8 Å². The average Bonchev–Trinajstić information content (AvgIpc) is 3.01. The van der Waals surface area contributed by atoms with E-state index < -0.39 is 34.3 Å². The molecule has 0 aliphatic carbocycles. The second-order valence-corrected chi connectivity index (χ2v) is 11.2. The zero-order valence-corrected chi connectivity index (χ0v) is 25.1. The topological polar surface area (TPSA) is 114 Å². The first-order chi connectivity index (χ1) is 20.0. The summed E-state index contributed by atoms with van der Waals surface area (Å²) in [6, 6.07) is 14.8. The molecule has 0 saturated carbocycles. The van der Waals surface area contributed by atoms with Gasteiger partial charge in [-0.2, -0.15) is 0 Å². The molecule has 0 aliphatic rings. The number of anilines is 1. The van der Waals surface area contributed by atoms with Crippen LogP contribution in [0, 0.1) is 5.82 Å². The summed E-state index contributed by atoms with van der Waals surface area (Å²) in [6.45, 7) is 3.27. The predicted molar refractivity (Wildman–Crippen MR) is 157 cm³/mol. The molecule has 42 heavy (non-hydrogen) atoms. The van der Waals surface area contributed by atoms with E-state index >= 15 is 0 Å². The number of rotatable bonds is 14. The van der Waals surface area contributed by atoms with Gasteiger partial charge in [-0.05, 0) is 67.4 Å². The molecule has 3 aromatic rings. The Bertz CT molecular complexity index is 1470. The van der Waals surface area contributed by atoms with E-state index in [2.05, 4.69) is 5.32 Å². The van der Waals surface area contributed by atoms with E-state index in [1.807, 2.05) is 6.92 Å². The molecule has 10 nitrogen and oxygen atoms in total. The number of ether oxygens (including phenoxy) is 3. The van der Waals surface area contributed by atoms with E-state index in [1.54, 1.807) is 31.2 Å². The number of hydrogen-bond donors (Lipinski definition) is 1. The van der Waals surface area contributed by atoms with Crippen LogP contribution in [0.5, 0.6) is 17.2 Å². The van der Waals surface area contributed by atoms with Gasteiger partial charge in [0.05, 0.1) is 31.9 Å². The van der Waals surface area contributed by atoms with Gasteiger partial charge in [-0.1, -0.05) is 19.1 Å². The number of carbonyl (C=O) groups is 2. The number of amides is 2. The molecule has 1 atom stereocenters. The first kappa shape index (κ1) is 32.2. The molecule has 0 aliphatic heterocycles. The number of nitrogens with one attached hydrogen (secondary N) is 1. The van der Waals surface area contributed by atoms with Gasteiger partial charge in [-0.15, -0.1) is 0 Å². The van der Waals surface area contributed by atoms with Crippen molar-refractivity contribution >= 4 is 27.5 Å². The van der Waals surface area contributed by atoms with Crippen LogP contribution in [0.1, 0.15) is 25.8 Å². The Morgan fingerprint density at radius 3 is 2.12 bits per heavy atom. The third-order valence-corrected chi connectivity index (χ3v) is 8.33. The van der Waals surface area contributed by atoms with Crippen LogP contribution >= 0.6 is 0 Å². The van der Waals surface area contributed by atoms with Crippen molar-refractivity contribution in [3.05, 3.63) is 78.1 Å². The van der Waals surface area contributed by atoms with Crippen molar-refractivity contribution in [3.63, 3.8) is 0 Å². The summed E-state index contributed by atoms with van der Waals surface area (Å²) >= 11 is 0. The second kappa shape index (κ2) is 14.5. The first-order valence-electron chi connectivity index (χ1n) is 13.3. The fraction of sp³-hybridized carbons (Fsp3) is 0.333. The van der Waals surface area contributed by atoms with Crippen LogP contribution < -0.4 is 23.8 Å². The van der Waals surface area contributed by atoms with Gasteiger partial charge in [0.2, 0.25) is 11.8 Å². The Labute approximate surface area is 246 Å². The molecule has 12 heteroatoms. The summed E-state index contributed by atoms with van der Waals surface area (Å²) in [6.07, 6.45) is 0.701. The zero-order valence-electron chi connectivity index (χ0n) is 24.3. The van der Waals surface area contributed by atoms with Gasteiger partial charge < -0.3 is 24.4 Å². The molecule has 2 amide bonds. The first-order valence-corrected chi connectivity index (χ1v) is 14.7. The lowest BCUT2D eigenvalue weighted by Crippen LogP contribution is -2.51. The molecule has 0 bridgehead atoms. The molecule has 1 unspecified atom stereocenters. The maximum Gasteiger partial charge on any atom is 0.264 e. The van der Waals surface area contributed by atoms with Gasteiger partial charge in [0.1, 0.15) is 24.2 Å². The Morgan fingerprint density at radius 2 is 1.55 bits per heavy atom. The SMILES string of the molecule is CCCNC(=O)C(C)N(Cc1ccc(OC)cc1)C(=O)CN(c1ccc(F)cc1)S(=O)(=O)c1ccc(OC)c(OC)c1. The van der Waals surface area contributed by atoms with Crippen LogP contribution in [-0.2, 0) is 26.2 Å². The van der Waals surface area contributed by atoms with Gasteiger partial charge >= 0.3 is 0 Å². The minimum absolute atomic E-state index is 0.0250. The Morgan fingerprint density at radius 1 is 0.905 bits per heavy atom. The molecule has 226 valence electrons. The molecule has 0 fully saturated rings. The van der Waals surface area contributed by atoms with Crippen LogP contribution in [0.3, 0.4) is 0 Å². The van der Waals surface area contributed by atoms with Crippen LogP contribution in [0.4, 0.5) is 10.1 Å². The molecule has 0 radical (unpaired) electrons. The molecule has 0 spiro atoms. The molecule has 3 rings (SSSR count). The molecule has 0 saturated heterocycles. The van der Waals surface area contributed by atoms with E-state index in [-0.39, 0.29) is 28.8 Å². The molecular weight excluding hydrogens is 565 g/mol. The van der Waals surface area contributed by atoms with Gasteiger partial charge in [-0.25, -0.2) is 12.8 Å². The van der Waals surface area contributed by atoms with Crippen molar-refractivity contribution in [2.75, 3.05) is 38.7 Å². The normalized spacial score (nSPS) is 11.8. The summed E-state index contributed by atoms with van der Waals surface area (Å²) in [5, 5.41) is 2.79. The summed E-state index contributed by atoms with van der Waals surface area (Å²) in [5.41, 5.74) is 0.766. The van der Waals surface area contributed by atoms with Crippen molar-refractivity contribution in [1.82, 2.24) is 10.2 Å². The lowest BCUT2D eigenvalue weighted by atomic mass is 10.1. The van der Waals surface area contributed by atoms with Crippen molar-refractivity contribution in [1.29, 1.82) is 0 Å². The third kappa shape index (κ3) is 7.69. The van der Waals surface area contributed by atoms with Crippen molar-refractivity contribution in [2.24, 2.45) is 0 Å². The lowest BCUT2D eigenvalue weighted by molar-refractivity contribution is -0.139. The van der Waals surface area contributed by atoms with E-state index in [4.69, 9.17) is 14.2 Å². The maximum atomic E-state index is 14.0. The molecule has 3 aromatic carbocycles. The Hall–Kier alpha value is -4.32. The van der Waals surface area contributed by atoms with Crippen LogP contribution in [-0.4, -0.2) is 65.6 Å². The minimum Gasteiger partial charge on any atom is -0.497 e. The third-order valence-electron chi connectivity index (χ3n) is 6.56. The second-order valence-electron chi connectivity index (χ2n) is 9.34. The molecular formula is C30H36FN3O7S. The molecule has 1 N–H and O–H groups in total. The number of nitrogens with zero attached hydrogens (tertiary/aromatic N) is 2. The van der Waals surface area contributed by atoms with Crippen LogP contribution in [0.15, 0.2) is 71.6 Å². The summed E-state index contributed by atoms with van der Waals surface area (Å²) in [5.74, 6) is -0.484. The van der Waals surface area contributed by atoms with Gasteiger partial charge in [0, 0.05) is 19.2 Å². The monoisotopic (exact) mass is 601 g/mol. The number of carbonyl (C=O) groups excluding carboxylic acids is 2. The highest BCUT2D eigenvalue weighted by atomic mass is 32.2. The smallest absolute Gasteiger partial charge is 0.264 e. The van der Waals surface area contributed by atoms with E-state index in [1.165, 1.54) is 56.6 Å².